The molecule has 2 saturated carbocycles. The first kappa shape index (κ1) is 9.36. The van der Waals surface area contributed by atoms with Gasteiger partial charge in [0.05, 0.1) is 0 Å². The third-order valence-electron chi connectivity index (χ3n) is 3.93. The summed E-state index contributed by atoms with van der Waals surface area (Å²) in [7, 11) is 0. The summed E-state index contributed by atoms with van der Waals surface area (Å²) in [4.78, 5) is 21.2. The van der Waals surface area contributed by atoms with Gasteiger partial charge in [0.1, 0.15) is 0 Å². The highest BCUT2D eigenvalue weighted by molar-refractivity contribution is 5.09. The van der Waals surface area contributed by atoms with Crippen molar-refractivity contribution in [3.63, 3.8) is 0 Å². The minimum atomic E-state index is -1.25. The van der Waals surface area contributed by atoms with Crippen molar-refractivity contribution in [2.45, 2.75) is 49.6 Å². The van der Waals surface area contributed by atoms with E-state index in [9.17, 15) is 20.2 Å². The number of fused-ring (bicyclic) bond motifs is 1. The van der Waals surface area contributed by atoms with E-state index in [1.165, 1.54) is 0 Å². The molecule has 0 aromatic carbocycles. The molecule has 14 heavy (non-hydrogen) atoms. The van der Waals surface area contributed by atoms with E-state index in [1.807, 2.05) is 0 Å². The molecule has 0 unspecified atom stereocenters. The molecule has 78 valence electrons. The van der Waals surface area contributed by atoms with Crippen LogP contribution in [-0.2, 0) is 0 Å². The summed E-state index contributed by atoms with van der Waals surface area (Å²) in [5, 5.41) is 22.0. The Morgan fingerprint density at radius 2 is 1.07 bits per heavy atom. The molecule has 0 aromatic heterocycles. The summed E-state index contributed by atoms with van der Waals surface area (Å²) in [5.41, 5.74) is -2.51. The van der Waals surface area contributed by atoms with Gasteiger partial charge in [-0.3, -0.25) is 20.2 Å². The van der Waals surface area contributed by atoms with Crippen molar-refractivity contribution < 1.29 is 9.85 Å². The lowest BCUT2D eigenvalue weighted by molar-refractivity contribution is -0.673. The van der Waals surface area contributed by atoms with Crippen molar-refractivity contribution in [3.05, 3.63) is 20.2 Å². The summed E-state index contributed by atoms with van der Waals surface area (Å²) in [6, 6.07) is 0. The molecule has 2 rings (SSSR count). The molecule has 0 atom stereocenters. The molecule has 0 saturated heterocycles. The van der Waals surface area contributed by atoms with Crippen LogP contribution in [0.2, 0.25) is 0 Å². The van der Waals surface area contributed by atoms with Crippen LogP contribution in [-0.4, -0.2) is 20.9 Å². The predicted molar refractivity (Wildman–Crippen MR) is 47.2 cm³/mol. The standard InChI is InChI=1S/C8H12N2O4/c11-9(12)7-3-1-4-8(7,10(13)14)6-2-5-7/h1-6H2. The first-order chi connectivity index (χ1) is 6.55. The molecular formula is C8H12N2O4. The summed E-state index contributed by atoms with van der Waals surface area (Å²) in [5.74, 6) is 0. The zero-order valence-electron chi connectivity index (χ0n) is 7.77. The van der Waals surface area contributed by atoms with Crippen LogP contribution in [0.25, 0.3) is 0 Å². The second kappa shape index (κ2) is 2.65. The Kier molecular flexibility index (Phi) is 1.77. The van der Waals surface area contributed by atoms with Gasteiger partial charge in [0.15, 0.2) is 0 Å². The maximum Gasteiger partial charge on any atom is 0.290 e. The number of nitrogens with zero attached hydrogens (tertiary/aromatic N) is 2. The van der Waals surface area contributed by atoms with Gasteiger partial charge in [0.25, 0.3) is 11.1 Å². The normalized spacial score (nSPS) is 40.9. The van der Waals surface area contributed by atoms with E-state index in [0.29, 0.717) is 38.5 Å². The van der Waals surface area contributed by atoms with E-state index in [2.05, 4.69) is 0 Å². The molecule has 0 aromatic rings. The zero-order valence-corrected chi connectivity index (χ0v) is 7.77. The van der Waals surface area contributed by atoms with Gasteiger partial charge < -0.3 is 0 Å². The maximum atomic E-state index is 11.0. The average Bonchev–Trinajstić information content (AvgIpc) is 2.56. The SMILES string of the molecule is O=[N+]([O-])C12CCCC1([N+](=O)[O-])CCC2. The lowest BCUT2D eigenvalue weighted by atomic mass is 9.84. The third kappa shape index (κ3) is 0.809. The van der Waals surface area contributed by atoms with Crippen LogP contribution in [0.1, 0.15) is 38.5 Å². The molecule has 0 heterocycles. The van der Waals surface area contributed by atoms with E-state index in [1.54, 1.807) is 0 Å². The molecule has 0 bridgehead atoms. The average molecular weight is 200 g/mol. The molecule has 0 radical (unpaired) electrons. The van der Waals surface area contributed by atoms with Crippen molar-refractivity contribution in [1.29, 1.82) is 0 Å². The lowest BCUT2D eigenvalue weighted by Crippen LogP contribution is -2.55. The van der Waals surface area contributed by atoms with E-state index in [0.717, 1.165) is 0 Å². The summed E-state index contributed by atoms with van der Waals surface area (Å²) < 4.78 is 0. The largest absolute Gasteiger partial charge is 0.290 e. The quantitative estimate of drug-likeness (QED) is 0.497. The number of hydrogen-bond donors (Lipinski definition) is 0. The Balaban J connectivity index is 2.48. The van der Waals surface area contributed by atoms with Gasteiger partial charge in [-0.15, -0.1) is 0 Å². The fraction of sp³-hybridized carbons (Fsp3) is 1.00. The van der Waals surface area contributed by atoms with Gasteiger partial charge in [-0.05, 0) is 12.8 Å². The monoisotopic (exact) mass is 200 g/mol. The van der Waals surface area contributed by atoms with Crippen molar-refractivity contribution in [1.82, 2.24) is 0 Å². The van der Waals surface area contributed by atoms with Gasteiger partial charge in [0, 0.05) is 35.5 Å². The third-order valence-corrected chi connectivity index (χ3v) is 3.93. The van der Waals surface area contributed by atoms with Gasteiger partial charge in [0.2, 0.25) is 0 Å². The molecule has 2 fully saturated rings. The van der Waals surface area contributed by atoms with Crippen LogP contribution in [0.5, 0.6) is 0 Å². The first-order valence-electron chi connectivity index (χ1n) is 4.84. The Morgan fingerprint density at radius 1 is 0.786 bits per heavy atom. The highest BCUT2D eigenvalue weighted by Gasteiger charge is 2.75. The minimum absolute atomic E-state index is 0.376. The number of hydrogen-bond acceptors (Lipinski definition) is 4. The molecule has 0 aliphatic heterocycles. The van der Waals surface area contributed by atoms with E-state index < -0.39 is 20.9 Å². The summed E-state index contributed by atoms with van der Waals surface area (Å²) >= 11 is 0. The van der Waals surface area contributed by atoms with Crippen LogP contribution in [0.3, 0.4) is 0 Å². The maximum absolute atomic E-state index is 11.0. The topological polar surface area (TPSA) is 86.3 Å². The van der Waals surface area contributed by atoms with Crippen molar-refractivity contribution in [3.8, 4) is 0 Å². The number of nitro groups is 2. The molecule has 6 nitrogen and oxygen atoms in total. The Hall–Kier alpha value is -1.20. The molecule has 0 amide bonds. The van der Waals surface area contributed by atoms with Crippen molar-refractivity contribution in [2.24, 2.45) is 0 Å². The first-order valence-corrected chi connectivity index (χ1v) is 4.84. The second-order valence-electron chi connectivity index (χ2n) is 4.28. The molecule has 2 aliphatic rings. The molecule has 0 spiro atoms. The zero-order chi connectivity index (χ0) is 10.4. The summed E-state index contributed by atoms with van der Waals surface area (Å²) in [6.07, 6.45) is 2.73. The van der Waals surface area contributed by atoms with Crippen LogP contribution in [0, 0.1) is 20.2 Å². The van der Waals surface area contributed by atoms with Crippen molar-refractivity contribution >= 4 is 0 Å². The van der Waals surface area contributed by atoms with Gasteiger partial charge in [-0.2, -0.15) is 0 Å². The van der Waals surface area contributed by atoms with E-state index >= 15 is 0 Å². The van der Waals surface area contributed by atoms with Crippen LogP contribution < -0.4 is 0 Å². The minimum Gasteiger partial charge on any atom is -0.264 e. The highest BCUT2D eigenvalue weighted by atomic mass is 16.7. The Bertz CT molecular complexity index is 264. The fourth-order valence-corrected chi connectivity index (χ4v) is 3.23. The van der Waals surface area contributed by atoms with Crippen LogP contribution in [0.4, 0.5) is 0 Å². The molecule has 6 heteroatoms. The molecule has 2 aliphatic carbocycles. The fourth-order valence-electron chi connectivity index (χ4n) is 3.23. The smallest absolute Gasteiger partial charge is 0.264 e. The summed E-state index contributed by atoms with van der Waals surface area (Å²) in [6.45, 7) is 0. The predicted octanol–water partition coefficient (Wildman–Crippen LogP) is 1.39. The van der Waals surface area contributed by atoms with Gasteiger partial charge in [-0.1, -0.05) is 0 Å². The molecular weight excluding hydrogens is 188 g/mol. The highest BCUT2D eigenvalue weighted by Crippen LogP contribution is 2.54. The lowest BCUT2D eigenvalue weighted by Gasteiger charge is -2.25. The van der Waals surface area contributed by atoms with Crippen LogP contribution >= 0.6 is 0 Å². The van der Waals surface area contributed by atoms with E-state index in [-0.39, 0.29) is 0 Å². The van der Waals surface area contributed by atoms with Crippen LogP contribution in [0.15, 0.2) is 0 Å². The van der Waals surface area contributed by atoms with Gasteiger partial charge >= 0.3 is 0 Å². The van der Waals surface area contributed by atoms with Crippen molar-refractivity contribution in [2.75, 3.05) is 0 Å². The Labute approximate surface area is 80.6 Å². The number of rotatable bonds is 2. The molecule has 0 N–H and O–H groups in total. The van der Waals surface area contributed by atoms with Gasteiger partial charge in [-0.25, -0.2) is 0 Å². The van der Waals surface area contributed by atoms with E-state index in [4.69, 9.17) is 0 Å². The second-order valence-corrected chi connectivity index (χ2v) is 4.28. The Morgan fingerprint density at radius 3 is 1.29 bits per heavy atom.